The molecule has 1 saturated carbocycles. The zero-order chi connectivity index (χ0) is 18.4. The summed E-state index contributed by atoms with van der Waals surface area (Å²) in [6, 6.07) is 12.2. The zero-order valence-electron chi connectivity index (χ0n) is 17.2. The molecule has 1 aliphatic heterocycles. The van der Waals surface area contributed by atoms with Gasteiger partial charge in [0.25, 0.3) is 0 Å². The molecular weight excluding hydrogens is 316 g/mol. The quantitative estimate of drug-likeness (QED) is 0.612. The van der Waals surface area contributed by atoms with Crippen molar-refractivity contribution in [2.75, 3.05) is 19.6 Å². The maximum atomic E-state index is 2.73. The van der Waals surface area contributed by atoms with Crippen molar-refractivity contribution in [2.45, 2.75) is 78.2 Å². The molecule has 2 aromatic rings. The Morgan fingerprint density at radius 2 is 1.62 bits per heavy atom. The predicted octanol–water partition coefficient (Wildman–Crippen LogP) is 6.45. The highest BCUT2D eigenvalue weighted by Crippen LogP contribution is 2.34. The van der Waals surface area contributed by atoms with Crippen LogP contribution in [0.25, 0.3) is 10.9 Å². The molecule has 0 N–H and O–H groups in total. The fourth-order valence-electron chi connectivity index (χ4n) is 5.00. The predicted molar refractivity (Wildman–Crippen MR) is 114 cm³/mol. The normalized spacial score (nSPS) is 20.1. The summed E-state index contributed by atoms with van der Waals surface area (Å²) >= 11 is 0. The van der Waals surface area contributed by atoms with Crippen molar-refractivity contribution in [3.63, 3.8) is 0 Å². The van der Waals surface area contributed by atoms with E-state index in [4.69, 9.17) is 0 Å². The van der Waals surface area contributed by atoms with Crippen molar-refractivity contribution in [1.29, 1.82) is 0 Å². The average molecular weight is 355 g/mol. The molecule has 1 aliphatic carbocycles. The van der Waals surface area contributed by atoms with Crippen molar-refractivity contribution in [3.05, 3.63) is 36.0 Å². The topological polar surface area (TPSA) is 8.17 Å². The Hall–Kier alpha value is -1.28. The molecule has 4 rings (SSSR count). The van der Waals surface area contributed by atoms with Crippen LogP contribution in [0.4, 0.5) is 0 Å². The molecule has 1 aromatic heterocycles. The van der Waals surface area contributed by atoms with E-state index in [0.29, 0.717) is 6.04 Å². The smallest absolute Gasteiger partial charge is 0.0485 e. The second-order valence-corrected chi connectivity index (χ2v) is 7.94. The molecule has 144 valence electrons. The Bertz CT molecular complexity index is 658. The second-order valence-electron chi connectivity index (χ2n) is 7.94. The lowest BCUT2D eigenvalue weighted by molar-refractivity contribution is 0.194. The number of benzene rings is 1. The monoisotopic (exact) mass is 354 g/mol. The number of likely N-dealkylation sites (tertiary alicyclic amines) is 1. The number of fused-ring (bicyclic) bond motifs is 1. The Morgan fingerprint density at radius 3 is 2.31 bits per heavy atom. The van der Waals surface area contributed by atoms with E-state index >= 15 is 0 Å². The highest BCUT2D eigenvalue weighted by atomic mass is 15.1. The van der Waals surface area contributed by atoms with Crippen molar-refractivity contribution < 1.29 is 0 Å². The largest absolute Gasteiger partial charge is 0.341 e. The number of para-hydroxylation sites is 1. The van der Waals surface area contributed by atoms with Crippen LogP contribution in [0.3, 0.4) is 0 Å². The first-order valence-electron chi connectivity index (χ1n) is 11.2. The van der Waals surface area contributed by atoms with Gasteiger partial charge in [-0.3, -0.25) is 0 Å². The lowest BCUT2D eigenvalue weighted by Crippen LogP contribution is -2.34. The van der Waals surface area contributed by atoms with E-state index < -0.39 is 0 Å². The number of rotatable bonds is 4. The molecule has 2 fully saturated rings. The van der Waals surface area contributed by atoms with Crippen LogP contribution in [0, 0.1) is 5.92 Å². The minimum Gasteiger partial charge on any atom is -0.341 e. The molecular formula is C24H38N2. The SMILES string of the molecule is CC.CCN1CCC(n2c(CC3CCCCC3)cc3ccccc32)CC1. The summed E-state index contributed by atoms with van der Waals surface area (Å²) in [7, 11) is 0. The van der Waals surface area contributed by atoms with Gasteiger partial charge in [0.15, 0.2) is 0 Å². The fourth-order valence-corrected chi connectivity index (χ4v) is 5.00. The van der Waals surface area contributed by atoms with Crippen LogP contribution in [-0.4, -0.2) is 29.1 Å². The van der Waals surface area contributed by atoms with Crippen LogP contribution in [0.15, 0.2) is 30.3 Å². The number of hydrogen-bond acceptors (Lipinski definition) is 1. The summed E-state index contributed by atoms with van der Waals surface area (Å²) in [5, 5.41) is 1.45. The average Bonchev–Trinajstić information content (AvgIpc) is 3.08. The first-order chi connectivity index (χ1) is 12.8. The molecule has 0 atom stereocenters. The molecule has 0 unspecified atom stereocenters. The lowest BCUT2D eigenvalue weighted by Gasteiger charge is -2.34. The first kappa shape index (κ1) is 19.5. The van der Waals surface area contributed by atoms with E-state index in [-0.39, 0.29) is 0 Å². The molecule has 26 heavy (non-hydrogen) atoms. The van der Waals surface area contributed by atoms with Crippen LogP contribution in [0.1, 0.15) is 77.5 Å². The van der Waals surface area contributed by atoms with Crippen LogP contribution in [-0.2, 0) is 6.42 Å². The Balaban J connectivity index is 0.000000948. The third-order valence-electron chi connectivity index (χ3n) is 6.42. The molecule has 2 nitrogen and oxygen atoms in total. The van der Waals surface area contributed by atoms with Crippen LogP contribution >= 0.6 is 0 Å². The van der Waals surface area contributed by atoms with Crippen LogP contribution < -0.4 is 0 Å². The summed E-state index contributed by atoms with van der Waals surface area (Å²) in [6.07, 6.45) is 11.1. The third kappa shape index (κ3) is 4.34. The van der Waals surface area contributed by atoms with Gasteiger partial charge >= 0.3 is 0 Å². The van der Waals surface area contributed by atoms with E-state index in [1.165, 1.54) is 81.9 Å². The van der Waals surface area contributed by atoms with E-state index in [1.807, 2.05) is 13.8 Å². The van der Waals surface area contributed by atoms with Crippen LogP contribution in [0.2, 0.25) is 0 Å². The van der Waals surface area contributed by atoms with Gasteiger partial charge in [0.2, 0.25) is 0 Å². The number of aromatic nitrogens is 1. The molecule has 0 bridgehead atoms. The standard InChI is InChI=1S/C22H32N2.C2H6/c1-2-23-14-12-20(13-15-23)24-21(16-18-8-4-3-5-9-18)17-19-10-6-7-11-22(19)24;1-2/h6-7,10-11,17-18,20H,2-5,8-9,12-16H2,1H3;1-2H3. The van der Waals surface area contributed by atoms with Gasteiger partial charge in [0.1, 0.15) is 0 Å². The van der Waals surface area contributed by atoms with Gasteiger partial charge in [0, 0.05) is 30.3 Å². The molecule has 0 radical (unpaired) electrons. The highest BCUT2D eigenvalue weighted by Gasteiger charge is 2.24. The zero-order valence-corrected chi connectivity index (χ0v) is 17.2. The number of hydrogen-bond donors (Lipinski definition) is 0. The first-order valence-corrected chi connectivity index (χ1v) is 11.2. The molecule has 1 saturated heterocycles. The summed E-state index contributed by atoms with van der Waals surface area (Å²) in [4.78, 5) is 2.60. The molecule has 1 aromatic carbocycles. The molecule has 0 spiro atoms. The Labute approximate surface area is 160 Å². The molecule has 0 amide bonds. The lowest BCUT2D eigenvalue weighted by atomic mass is 9.86. The minimum atomic E-state index is 0.700. The third-order valence-corrected chi connectivity index (χ3v) is 6.42. The second kappa shape index (κ2) is 9.60. The van der Waals surface area contributed by atoms with Gasteiger partial charge < -0.3 is 9.47 Å². The Morgan fingerprint density at radius 1 is 0.923 bits per heavy atom. The summed E-state index contributed by atoms with van der Waals surface area (Å²) in [5.74, 6) is 0.914. The van der Waals surface area contributed by atoms with Gasteiger partial charge in [-0.2, -0.15) is 0 Å². The fraction of sp³-hybridized carbons (Fsp3) is 0.667. The Kier molecular flexibility index (Phi) is 7.19. The summed E-state index contributed by atoms with van der Waals surface area (Å²) in [6.45, 7) is 10.0. The van der Waals surface area contributed by atoms with E-state index in [2.05, 4.69) is 46.7 Å². The summed E-state index contributed by atoms with van der Waals surface area (Å²) in [5.41, 5.74) is 3.08. The number of nitrogens with zero attached hydrogens (tertiary/aromatic N) is 2. The van der Waals surface area contributed by atoms with Gasteiger partial charge in [-0.1, -0.05) is 71.1 Å². The van der Waals surface area contributed by atoms with Crippen LogP contribution in [0.5, 0.6) is 0 Å². The summed E-state index contributed by atoms with van der Waals surface area (Å²) < 4.78 is 2.73. The maximum Gasteiger partial charge on any atom is 0.0485 e. The van der Waals surface area contributed by atoms with Crippen molar-refractivity contribution in [3.8, 4) is 0 Å². The van der Waals surface area contributed by atoms with E-state index in [0.717, 1.165) is 5.92 Å². The van der Waals surface area contributed by atoms with E-state index in [9.17, 15) is 0 Å². The molecule has 2 heterocycles. The van der Waals surface area contributed by atoms with Crippen molar-refractivity contribution in [1.82, 2.24) is 9.47 Å². The van der Waals surface area contributed by atoms with E-state index in [1.54, 1.807) is 5.69 Å². The highest BCUT2D eigenvalue weighted by molar-refractivity contribution is 5.81. The minimum absolute atomic E-state index is 0.700. The molecule has 2 aliphatic rings. The van der Waals surface area contributed by atoms with Gasteiger partial charge in [-0.15, -0.1) is 0 Å². The van der Waals surface area contributed by atoms with Gasteiger partial charge in [-0.25, -0.2) is 0 Å². The van der Waals surface area contributed by atoms with Gasteiger partial charge in [-0.05, 0) is 49.2 Å². The molecule has 2 heteroatoms. The van der Waals surface area contributed by atoms with Crippen molar-refractivity contribution >= 4 is 10.9 Å². The van der Waals surface area contributed by atoms with Crippen molar-refractivity contribution in [2.24, 2.45) is 5.92 Å². The maximum absolute atomic E-state index is 2.73. The number of piperidine rings is 1. The van der Waals surface area contributed by atoms with Gasteiger partial charge in [0.05, 0.1) is 0 Å².